The molecule has 1 unspecified atom stereocenters. The van der Waals surface area contributed by atoms with Gasteiger partial charge in [0.05, 0.1) is 20.2 Å². The fourth-order valence-electron chi connectivity index (χ4n) is 1.29. The maximum absolute atomic E-state index is 10.8. The Labute approximate surface area is 90.2 Å². The van der Waals surface area contributed by atoms with Crippen LogP contribution in [-0.4, -0.2) is 45.5 Å². The number of piperidine rings is 1. The van der Waals surface area contributed by atoms with Crippen molar-refractivity contribution < 1.29 is 26.8 Å². The summed E-state index contributed by atoms with van der Waals surface area (Å²) in [4.78, 5) is 12.3. The number of hydrogen-bond donors (Lipinski definition) is 1. The highest BCUT2D eigenvalue weighted by Crippen LogP contribution is 1.89. The van der Waals surface area contributed by atoms with Gasteiger partial charge in [0.2, 0.25) is 10.4 Å². The van der Waals surface area contributed by atoms with E-state index in [2.05, 4.69) is 11.1 Å². The van der Waals surface area contributed by atoms with Crippen LogP contribution in [-0.2, 0) is 19.4 Å². The number of carbonyl (C=O) groups is 1. The first-order chi connectivity index (χ1) is 6.89. The van der Waals surface area contributed by atoms with Crippen molar-refractivity contribution in [2.24, 2.45) is 0 Å². The van der Waals surface area contributed by atoms with Gasteiger partial charge in [0.1, 0.15) is 6.54 Å². The summed E-state index contributed by atoms with van der Waals surface area (Å²) in [6.45, 7) is 5.21. The summed E-state index contributed by atoms with van der Waals surface area (Å²) in [7, 11) is -3.60. The zero-order valence-corrected chi connectivity index (χ0v) is 9.80. The summed E-state index contributed by atoms with van der Waals surface area (Å²) in [6.07, 6.45) is 1.92. The summed E-state index contributed by atoms with van der Waals surface area (Å²) >= 11 is 0. The molecule has 0 radical (unpaired) electrons. The Kier molecular flexibility index (Phi) is 6.66. The highest BCUT2D eigenvalue weighted by Gasteiger charge is 2.17. The summed E-state index contributed by atoms with van der Waals surface area (Å²) in [5, 5.41) is 0. The van der Waals surface area contributed by atoms with Crippen LogP contribution >= 0.6 is 0 Å². The maximum Gasteiger partial charge on any atom is 0.217 e. The Morgan fingerprint density at radius 2 is 2.07 bits per heavy atom. The minimum atomic E-state index is -4.41. The summed E-state index contributed by atoms with van der Waals surface area (Å²) in [6, 6.07) is 0. The molecule has 1 aliphatic heterocycles. The molecule has 6 nitrogen and oxygen atoms in total. The van der Waals surface area contributed by atoms with Crippen molar-refractivity contribution in [2.45, 2.75) is 19.8 Å². The van der Waals surface area contributed by atoms with Crippen LogP contribution in [0.25, 0.3) is 0 Å². The molecule has 0 aliphatic carbocycles. The molecule has 1 fully saturated rings. The molecule has 1 N–H and O–H groups in total. The number of hydrogen-bond acceptors (Lipinski definition) is 5. The van der Waals surface area contributed by atoms with Gasteiger partial charge in [-0.05, 0) is 6.92 Å². The molecule has 0 amide bonds. The zero-order valence-electron chi connectivity index (χ0n) is 8.99. The molecule has 0 aromatic heterocycles. The molecule has 7 heteroatoms. The Bertz CT molecular complexity index is 287. The molecule has 0 spiro atoms. The first-order valence-corrected chi connectivity index (χ1v) is 6.09. The molecule has 1 aliphatic rings. The maximum atomic E-state index is 10.8. The molecule has 1 heterocycles. The molecular weight excluding hydrogens is 222 g/mol. The van der Waals surface area contributed by atoms with Gasteiger partial charge in [-0.2, -0.15) is 0 Å². The average Bonchev–Trinajstić information content (AvgIpc) is 2.18. The van der Waals surface area contributed by atoms with Crippen LogP contribution in [0.2, 0.25) is 0 Å². The van der Waals surface area contributed by atoms with Crippen molar-refractivity contribution >= 4 is 16.2 Å². The number of Topliss-reactive ketones (excluding diaryl/α,β-unsaturated/α-hetero) is 1. The number of likely N-dealkylation sites (tertiary alicyclic amines) is 1. The van der Waals surface area contributed by atoms with Crippen LogP contribution in [0.4, 0.5) is 0 Å². The first-order valence-electron chi connectivity index (χ1n) is 4.75. The lowest BCUT2D eigenvalue weighted by molar-refractivity contribution is -0.892. The Hall–Kier alpha value is -0.500. The summed E-state index contributed by atoms with van der Waals surface area (Å²) < 4.78 is 31.0. The van der Waals surface area contributed by atoms with Crippen molar-refractivity contribution in [1.29, 1.82) is 0 Å². The van der Waals surface area contributed by atoms with E-state index < -0.39 is 10.4 Å². The lowest BCUT2D eigenvalue weighted by atomic mass is 10.1. The van der Waals surface area contributed by atoms with E-state index >= 15 is 0 Å². The number of nitrogens with one attached hydrogen (secondary N) is 1. The molecule has 1 saturated heterocycles. The smallest absolute Gasteiger partial charge is 0.217 e. The van der Waals surface area contributed by atoms with Gasteiger partial charge in [-0.3, -0.25) is 8.98 Å². The Morgan fingerprint density at radius 3 is 2.33 bits per heavy atom. The van der Waals surface area contributed by atoms with Crippen LogP contribution in [0.3, 0.4) is 0 Å². The second kappa shape index (κ2) is 6.89. The minimum Gasteiger partial charge on any atom is -0.726 e. The van der Waals surface area contributed by atoms with Crippen LogP contribution in [0.15, 0.2) is 0 Å². The third-order valence-electron chi connectivity index (χ3n) is 2.14. The van der Waals surface area contributed by atoms with E-state index in [4.69, 9.17) is 0 Å². The van der Waals surface area contributed by atoms with Crippen LogP contribution in [0.5, 0.6) is 0 Å². The quantitative estimate of drug-likeness (QED) is 0.460. The SMILES string of the molecule is CC[NH+]1CCCC(=O)C1.COS(=O)(=O)[O-]. The number of quaternary nitrogens is 1. The second-order valence-electron chi connectivity index (χ2n) is 3.25. The largest absolute Gasteiger partial charge is 0.726 e. The van der Waals surface area contributed by atoms with Crippen LogP contribution in [0, 0.1) is 0 Å². The molecule has 1 rings (SSSR count). The highest BCUT2D eigenvalue weighted by molar-refractivity contribution is 7.80. The highest BCUT2D eigenvalue weighted by atomic mass is 32.3. The van der Waals surface area contributed by atoms with Crippen molar-refractivity contribution in [3.8, 4) is 0 Å². The van der Waals surface area contributed by atoms with Gasteiger partial charge in [0, 0.05) is 12.8 Å². The van der Waals surface area contributed by atoms with Crippen molar-refractivity contribution in [3.63, 3.8) is 0 Å². The molecule has 0 aromatic carbocycles. The fourth-order valence-corrected chi connectivity index (χ4v) is 1.29. The predicted molar refractivity (Wildman–Crippen MR) is 52.2 cm³/mol. The normalized spacial score (nSPS) is 21.8. The van der Waals surface area contributed by atoms with Gasteiger partial charge in [-0.15, -0.1) is 0 Å². The van der Waals surface area contributed by atoms with E-state index in [1.807, 2.05) is 0 Å². The molecule has 0 aromatic rings. The zero-order chi connectivity index (χ0) is 11.9. The number of rotatable bonds is 2. The van der Waals surface area contributed by atoms with Gasteiger partial charge >= 0.3 is 0 Å². The molecule has 1 atom stereocenters. The van der Waals surface area contributed by atoms with E-state index in [-0.39, 0.29) is 0 Å². The molecule has 15 heavy (non-hydrogen) atoms. The third-order valence-corrected chi connectivity index (χ3v) is 2.55. The lowest BCUT2D eigenvalue weighted by Gasteiger charge is -2.20. The standard InChI is InChI=1S/C7H13NO.CH4O4S/c1-2-8-5-3-4-7(9)6-8;1-5-6(2,3)4/h2-6H2,1H3;1H3,(H,2,3,4). The Morgan fingerprint density at radius 1 is 1.53 bits per heavy atom. The number of carbonyl (C=O) groups excluding carboxylic acids is 1. The van der Waals surface area contributed by atoms with Crippen molar-refractivity contribution in [2.75, 3.05) is 26.7 Å². The summed E-state index contributed by atoms with van der Waals surface area (Å²) in [5.41, 5.74) is 0. The predicted octanol–water partition coefficient (Wildman–Crippen LogP) is -1.65. The molecule has 0 bridgehead atoms. The van der Waals surface area contributed by atoms with Crippen LogP contribution < -0.4 is 4.90 Å². The first kappa shape index (κ1) is 14.5. The number of likely N-dealkylation sites (N-methyl/N-ethyl adjacent to an activating group) is 1. The molecular formula is C8H17NO5S. The molecule has 90 valence electrons. The van der Waals surface area contributed by atoms with E-state index in [0.29, 0.717) is 5.78 Å². The minimum absolute atomic E-state index is 0.443. The van der Waals surface area contributed by atoms with Crippen LogP contribution in [0.1, 0.15) is 19.8 Å². The molecule has 0 saturated carbocycles. The van der Waals surface area contributed by atoms with Crippen molar-refractivity contribution in [1.82, 2.24) is 0 Å². The van der Waals surface area contributed by atoms with Gasteiger partial charge in [0.15, 0.2) is 5.78 Å². The van der Waals surface area contributed by atoms with Crippen molar-refractivity contribution in [3.05, 3.63) is 0 Å². The lowest BCUT2D eigenvalue weighted by Crippen LogP contribution is -3.13. The van der Waals surface area contributed by atoms with E-state index in [0.717, 1.165) is 33.0 Å². The average molecular weight is 239 g/mol. The van der Waals surface area contributed by atoms with E-state index in [1.165, 1.54) is 11.4 Å². The van der Waals surface area contributed by atoms with E-state index in [1.54, 1.807) is 0 Å². The summed E-state index contributed by atoms with van der Waals surface area (Å²) in [5.74, 6) is 0.443. The monoisotopic (exact) mass is 239 g/mol. The van der Waals surface area contributed by atoms with Gasteiger partial charge in [0.25, 0.3) is 0 Å². The Balaban J connectivity index is 0.000000288. The number of ketones is 1. The van der Waals surface area contributed by atoms with Gasteiger partial charge in [-0.25, -0.2) is 8.42 Å². The third kappa shape index (κ3) is 8.49. The van der Waals surface area contributed by atoms with Gasteiger partial charge in [-0.1, -0.05) is 0 Å². The van der Waals surface area contributed by atoms with E-state index in [9.17, 15) is 17.8 Å². The topological polar surface area (TPSA) is 87.9 Å². The second-order valence-corrected chi connectivity index (χ2v) is 4.40. The van der Waals surface area contributed by atoms with Gasteiger partial charge < -0.3 is 9.45 Å². The fraction of sp³-hybridized carbons (Fsp3) is 0.875.